The molecule has 1 amide bonds. The van der Waals surface area contributed by atoms with Crippen LogP contribution in [0.4, 0.5) is 0 Å². The number of carbonyl (C=O) groups excluding carboxylic acids is 1. The van der Waals surface area contributed by atoms with Crippen LogP contribution in [0.2, 0.25) is 0 Å². The summed E-state index contributed by atoms with van der Waals surface area (Å²) in [5, 5.41) is 3.76. The molecule has 1 saturated carbocycles. The number of ether oxygens (including phenoxy) is 2. The smallest absolute Gasteiger partial charge is 0.272 e. The van der Waals surface area contributed by atoms with Gasteiger partial charge in [0.2, 0.25) is 0 Å². The van der Waals surface area contributed by atoms with Crippen molar-refractivity contribution < 1.29 is 14.3 Å². The maximum Gasteiger partial charge on any atom is 0.272 e. The van der Waals surface area contributed by atoms with Crippen molar-refractivity contribution in [3.05, 3.63) is 59.2 Å². The van der Waals surface area contributed by atoms with Crippen LogP contribution in [0.5, 0.6) is 0 Å². The van der Waals surface area contributed by atoms with Gasteiger partial charge in [0, 0.05) is 50.1 Å². The Balaban J connectivity index is 1.11. The van der Waals surface area contributed by atoms with Crippen molar-refractivity contribution in [3.8, 4) is 0 Å². The molecule has 1 aromatic carbocycles. The van der Waals surface area contributed by atoms with E-state index in [1.165, 1.54) is 18.4 Å². The summed E-state index contributed by atoms with van der Waals surface area (Å²) >= 11 is 0. The number of hydrogen-bond donors (Lipinski definition) is 1. The number of amides is 1. The van der Waals surface area contributed by atoms with E-state index in [1.54, 1.807) is 13.4 Å². The number of methoxy groups -OCH3 is 1. The summed E-state index contributed by atoms with van der Waals surface area (Å²) in [7, 11) is 1.75. The molecule has 1 aliphatic carbocycles. The second kappa shape index (κ2) is 11.8. The number of nitrogens with one attached hydrogen (secondary N) is 1. The van der Waals surface area contributed by atoms with Crippen molar-refractivity contribution in [2.24, 2.45) is 5.92 Å². The zero-order valence-corrected chi connectivity index (χ0v) is 21.7. The maximum atomic E-state index is 13.4. The van der Waals surface area contributed by atoms with E-state index in [0.717, 1.165) is 69.0 Å². The summed E-state index contributed by atoms with van der Waals surface area (Å²) in [4.78, 5) is 24.3. The van der Waals surface area contributed by atoms with E-state index in [-0.39, 0.29) is 12.0 Å². The monoisotopic (exact) mass is 492 g/mol. The van der Waals surface area contributed by atoms with Crippen LogP contribution in [0.25, 0.3) is 0 Å². The molecule has 3 heterocycles. The number of aromatic nitrogens is 2. The van der Waals surface area contributed by atoms with Gasteiger partial charge >= 0.3 is 0 Å². The first-order valence-corrected chi connectivity index (χ1v) is 13.6. The van der Waals surface area contributed by atoms with Crippen LogP contribution in [0.1, 0.15) is 71.8 Å². The largest absolute Gasteiger partial charge is 0.379 e. The van der Waals surface area contributed by atoms with Gasteiger partial charge in [-0.2, -0.15) is 0 Å². The fourth-order valence-electron chi connectivity index (χ4n) is 6.10. The molecule has 1 aromatic heterocycles. The highest BCUT2D eigenvalue weighted by molar-refractivity contribution is 5.93. The molecule has 1 N–H and O–H groups in total. The fraction of sp³-hybridized carbons (Fsp3) is 0.621. The van der Waals surface area contributed by atoms with Crippen LogP contribution in [0.15, 0.2) is 36.7 Å². The molecular formula is C29H40N4O3. The molecule has 194 valence electrons. The van der Waals surface area contributed by atoms with Crippen LogP contribution in [0, 0.1) is 12.8 Å². The maximum absolute atomic E-state index is 13.4. The summed E-state index contributed by atoms with van der Waals surface area (Å²) < 4.78 is 11.1. The topological polar surface area (TPSA) is 76.6 Å². The standard InChI is InChI=1S/C29H40N4O3/c1-20-25(9-8-21-16-23(17-21)22-6-4-3-5-7-22)30-19-31-28(20)29(34)33-13-10-24(11-14-33)32-26-12-15-36-18-27(26)35-2/h3-7,19,21,23-24,26-27,32H,8-18H2,1-2H3/t21?,23?,26-,27+/m0/s1. The summed E-state index contributed by atoms with van der Waals surface area (Å²) in [5.74, 6) is 1.48. The van der Waals surface area contributed by atoms with Gasteiger partial charge in [-0.15, -0.1) is 0 Å². The van der Waals surface area contributed by atoms with Crippen LogP contribution in [-0.2, 0) is 15.9 Å². The molecule has 3 aliphatic rings. The number of hydrogen-bond acceptors (Lipinski definition) is 6. The second-order valence-corrected chi connectivity index (χ2v) is 10.8. The molecule has 2 saturated heterocycles. The van der Waals surface area contributed by atoms with Crippen LogP contribution in [0.3, 0.4) is 0 Å². The summed E-state index contributed by atoms with van der Waals surface area (Å²) in [6, 6.07) is 11.6. The van der Waals surface area contributed by atoms with Gasteiger partial charge < -0.3 is 19.7 Å². The molecule has 0 spiro atoms. The van der Waals surface area contributed by atoms with Gasteiger partial charge in [-0.25, -0.2) is 9.97 Å². The quantitative estimate of drug-likeness (QED) is 0.602. The van der Waals surface area contributed by atoms with Gasteiger partial charge in [-0.05, 0) is 69.3 Å². The number of piperidine rings is 1. The van der Waals surface area contributed by atoms with Crippen molar-refractivity contribution in [1.29, 1.82) is 0 Å². The first-order valence-electron chi connectivity index (χ1n) is 13.6. The highest BCUT2D eigenvalue weighted by atomic mass is 16.5. The molecule has 7 heteroatoms. The van der Waals surface area contributed by atoms with Gasteiger partial charge in [0.05, 0.1) is 12.7 Å². The average molecular weight is 493 g/mol. The van der Waals surface area contributed by atoms with E-state index >= 15 is 0 Å². The normalized spacial score (nSPS) is 27.0. The first kappa shape index (κ1) is 25.3. The Morgan fingerprint density at radius 3 is 2.67 bits per heavy atom. The Hall–Kier alpha value is -2.35. The highest BCUT2D eigenvalue weighted by Gasteiger charge is 2.32. The third-order valence-electron chi connectivity index (χ3n) is 8.53. The van der Waals surface area contributed by atoms with E-state index in [4.69, 9.17) is 9.47 Å². The lowest BCUT2D eigenvalue weighted by molar-refractivity contribution is -0.0533. The van der Waals surface area contributed by atoms with Crippen molar-refractivity contribution >= 4 is 5.91 Å². The van der Waals surface area contributed by atoms with E-state index in [2.05, 4.69) is 45.6 Å². The number of nitrogens with zero attached hydrogens (tertiary/aromatic N) is 3. The molecule has 5 rings (SSSR count). The van der Waals surface area contributed by atoms with Crippen LogP contribution >= 0.6 is 0 Å². The molecule has 3 fully saturated rings. The van der Waals surface area contributed by atoms with Crippen molar-refractivity contribution in [2.75, 3.05) is 33.4 Å². The van der Waals surface area contributed by atoms with Gasteiger partial charge in [-0.1, -0.05) is 30.3 Å². The third-order valence-corrected chi connectivity index (χ3v) is 8.53. The van der Waals surface area contributed by atoms with E-state index < -0.39 is 0 Å². The Labute approximate surface area is 215 Å². The van der Waals surface area contributed by atoms with Crippen molar-refractivity contribution in [3.63, 3.8) is 0 Å². The summed E-state index contributed by atoms with van der Waals surface area (Å²) in [6.07, 6.45) is 9.08. The Morgan fingerprint density at radius 1 is 1.14 bits per heavy atom. The van der Waals surface area contributed by atoms with E-state index in [1.807, 2.05) is 11.8 Å². The SMILES string of the molecule is CO[C@@H]1COCC[C@@H]1NC1CCN(C(=O)c2ncnc(CCC3CC(c4ccccc4)C3)c2C)CC1. The molecule has 0 unspecified atom stereocenters. The summed E-state index contributed by atoms with van der Waals surface area (Å²) in [5.41, 5.74) is 4.01. The Morgan fingerprint density at radius 2 is 1.92 bits per heavy atom. The highest BCUT2D eigenvalue weighted by Crippen LogP contribution is 2.43. The molecule has 7 nitrogen and oxygen atoms in total. The number of likely N-dealkylation sites (tertiary alicyclic amines) is 1. The van der Waals surface area contributed by atoms with Crippen LogP contribution < -0.4 is 5.32 Å². The van der Waals surface area contributed by atoms with E-state index in [0.29, 0.717) is 30.3 Å². The molecule has 0 radical (unpaired) electrons. The summed E-state index contributed by atoms with van der Waals surface area (Å²) in [6.45, 7) is 4.94. The molecule has 2 aromatic rings. The molecule has 0 bridgehead atoms. The fourth-order valence-corrected chi connectivity index (χ4v) is 6.10. The van der Waals surface area contributed by atoms with E-state index in [9.17, 15) is 4.79 Å². The average Bonchev–Trinajstić information content (AvgIpc) is 2.89. The first-order chi connectivity index (χ1) is 17.6. The zero-order chi connectivity index (χ0) is 24.9. The second-order valence-electron chi connectivity index (χ2n) is 10.8. The van der Waals surface area contributed by atoms with Gasteiger partial charge in [-0.3, -0.25) is 4.79 Å². The predicted octanol–water partition coefficient (Wildman–Crippen LogP) is 3.91. The zero-order valence-electron chi connectivity index (χ0n) is 21.7. The molecule has 36 heavy (non-hydrogen) atoms. The number of aryl methyl sites for hydroxylation is 1. The van der Waals surface area contributed by atoms with Gasteiger partial charge in [0.15, 0.2) is 0 Å². The van der Waals surface area contributed by atoms with Crippen molar-refractivity contribution in [1.82, 2.24) is 20.2 Å². The molecule has 2 aliphatic heterocycles. The minimum absolute atomic E-state index is 0.0446. The third kappa shape index (κ3) is 5.79. The minimum Gasteiger partial charge on any atom is -0.379 e. The van der Waals surface area contributed by atoms with Crippen molar-refractivity contribution in [2.45, 2.75) is 76.0 Å². The minimum atomic E-state index is 0.0446. The van der Waals surface area contributed by atoms with Crippen LogP contribution in [-0.4, -0.2) is 72.4 Å². The lowest BCUT2D eigenvalue weighted by Crippen LogP contribution is -2.54. The Kier molecular flexibility index (Phi) is 8.29. The number of carbonyl (C=O) groups is 1. The lowest BCUT2D eigenvalue weighted by atomic mass is 9.69. The number of rotatable bonds is 8. The molecular weight excluding hydrogens is 452 g/mol. The number of benzene rings is 1. The lowest BCUT2D eigenvalue weighted by Gasteiger charge is -2.38. The molecule has 2 atom stereocenters. The Bertz CT molecular complexity index is 1000. The van der Waals surface area contributed by atoms with Gasteiger partial charge in [0.25, 0.3) is 5.91 Å². The van der Waals surface area contributed by atoms with Gasteiger partial charge in [0.1, 0.15) is 12.0 Å². The predicted molar refractivity (Wildman–Crippen MR) is 139 cm³/mol.